The standard InChI is InChI=1S/C21H15F5N2O/c1-28(18-9-5-3-7-15(18)21(24,25)26)19-11-10-13(12-17(19)23)27-20(29)14-6-2-4-8-16(14)22/h2-12H,1H3,(H,27,29). The van der Waals surface area contributed by atoms with E-state index in [0.717, 1.165) is 23.1 Å². The molecule has 1 amide bonds. The number of alkyl halides is 3. The first-order valence-corrected chi connectivity index (χ1v) is 8.44. The Kier molecular flexibility index (Phi) is 5.54. The highest BCUT2D eigenvalue weighted by atomic mass is 19.4. The van der Waals surface area contributed by atoms with E-state index in [1.54, 1.807) is 0 Å². The summed E-state index contributed by atoms with van der Waals surface area (Å²) in [5.74, 6) is -2.35. The third-order valence-electron chi connectivity index (χ3n) is 4.26. The fraction of sp³-hybridized carbons (Fsp3) is 0.0952. The summed E-state index contributed by atoms with van der Waals surface area (Å²) in [6.45, 7) is 0. The van der Waals surface area contributed by atoms with Crippen LogP contribution in [0.4, 0.5) is 39.0 Å². The van der Waals surface area contributed by atoms with Crippen LogP contribution in [0, 0.1) is 11.6 Å². The van der Waals surface area contributed by atoms with Gasteiger partial charge in [-0.1, -0.05) is 24.3 Å². The molecule has 29 heavy (non-hydrogen) atoms. The number of benzene rings is 3. The van der Waals surface area contributed by atoms with Crippen molar-refractivity contribution >= 4 is 23.0 Å². The fourth-order valence-electron chi connectivity index (χ4n) is 2.84. The Morgan fingerprint density at radius 2 is 1.52 bits per heavy atom. The van der Waals surface area contributed by atoms with Crippen LogP contribution in [0.1, 0.15) is 15.9 Å². The SMILES string of the molecule is CN(c1ccc(NC(=O)c2ccccc2F)cc1F)c1ccccc1C(F)(F)F. The molecule has 0 fully saturated rings. The van der Waals surface area contributed by atoms with Gasteiger partial charge in [-0.3, -0.25) is 4.79 Å². The largest absolute Gasteiger partial charge is 0.418 e. The van der Waals surface area contributed by atoms with Gasteiger partial charge in [-0.2, -0.15) is 13.2 Å². The number of nitrogens with zero attached hydrogens (tertiary/aromatic N) is 1. The summed E-state index contributed by atoms with van der Waals surface area (Å²) in [7, 11) is 1.31. The molecule has 0 saturated carbocycles. The molecular weight excluding hydrogens is 391 g/mol. The van der Waals surface area contributed by atoms with Gasteiger partial charge in [0.05, 0.1) is 22.5 Å². The molecule has 8 heteroatoms. The van der Waals surface area contributed by atoms with Crippen molar-refractivity contribution in [1.29, 1.82) is 0 Å². The van der Waals surface area contributed by atoms with Crippen LogP contribution in [0.25, 0.3) is 0 Å². The number of rotatable bonds is 4. The Labute approximate surface area is 163 Å². The zero-order chi connectivity index (χ0) is 21.2. The number of carbonyl (C=O) groups excluding carboxylic acids is 1. The Morgan fingerprint density at radius 1 is 0.862 bits per heavy atom. The van der Waals surface area contributed by atoms with Crippen LogP contribution < -0.4 is 10.2 Å². The summed E-state index contributed by atoms with van der Waals surface area (Å²) in [6.07, 6.45) is -4.60. The third-order valence-corrected chi connectivity index (χ3v) is 4.26. The third kappa shape index (κ3) is 4.37. The minimum Gasteiger partial charge on any atom is -0.342 e. The van der Waals surface area contributed by atoms with E-state index >= 15 is 0 Å². The summed E-state index contributed by atoms with van der Waals surface area (Å²) in [5, 5.41) is 2.36. The van der Waals surface area contributed by atoms with E-state index in [2.05, 4.69) is 5.32 Å². The van der Waals surface area contributed by atoms with Crippen LogP contribution in [0.2, 0.25) is 0 Å². The van der Waals surface area contributed by atoms with Gasteiger partial charge >= 0.3 is 6.18 Å². The van der Waals surface area contributed by atoms with Crippen LogP contribution in [0.15, 0.2) is 66.7 Å². The van der Waals surface area contributed by atoms with Gasteiger partial charge in [0.2, 0.25) is 0 Å². The minimum absolute atomic E-state index is 0.0389. The number of halogens is 5. The van der Waals surface area contributed by atoms with Crippen LogP contribution in [0.5, 0.6) is 0 Å². The molecule has 0 unspecified atom stereocenters. The number of amides is 1. The lowest BCUT2D eigenvalue weighted by molar-refractivity contribution is -0.137. The van der Waals surface area contributed by atoms with Crippen molar-refractivity contribution in [3.8, 4) is 0 Å². The zero-order valence-corrected chi connectivity index (χ0v) is 15.1. The zero-order valence-electron chi connectivity index (χ0n) is 15.1. The highest BCUT2D eigenvalue weighted by Gasteiger charge is 2.34. The second-order valence-electron chi connectivity index (χ2n) is 6.17. The molecule has 3 nitrogen and oxygen atoms in total. The van der Waals surface area contributed by atoms with Crippen LogP contribution in [-0.2, 0) is 6.18 Å². The summed E-state index contributed by atoms with van der Waals surface area (Å²) < 4.78 is 68.0. The molecular formula is C21H15F5N2O. The predicted octanol–water partition coefficient (Wildman–Crippen LogP) is 6.00. The molecule has 1 N–H and O–H groups in total. The Bertz CT molecular complexity index is 1050. The predicted molar refractivity (Wildman–Crippen MR) is 100 cm³/mol. The van der Waals surface area contributed by atoms with Crippen molar-refractivity contribution < 1.29 is 26.7 Å². The number of carbonyl (C=O) groups is 1. The second-order valence-corrected chi connectivity index (χ2v) is 6.17. The topological polar surface area (TPSA) is 32.3 Å². The van der Waals surface area contributed by atoms with E-state index in [1.807, 2.05) is 0 Å². The maximum Gasteiger partial charge on any atom is 0.418 e. The second kappa shape index (κ2) is 7.90. The van der Waals surface area contributed by atoms with Crippen molar-refractivity contribution in [3.05, 3.63) is 89.5 Å². The van der Waals surface area contributed by atoms with Gasteiger partial charge < -0.3 is 10.2 Å². The fourth-order valence-corrected chi connectivity index (χ4v) is 2.84. The van der Waals surface area contributed by atoms with Crippen molar-refractivity contribution in [3.63, 3.8) is 0 Å². The molecule has 0 spiro atoms. The average Bonchev–Trinajstić information content (AvgIpc) is 2.67. The van der Waals surface area contributed by atoms with Gasteiger partial charge in [0.15, 0.2) is 0 Å². The van der Waals surface area contributed by atoms with E-state index in [4.69, 9.17) is 0 Å². The van der Waals surface area contributed by atoms with E-state index in [9.17, 15) is 26.7 Å². The molecule has 0 bridgehead atoms. The molecule has 150 valence electrons. The Balaban J connectivity index is 1.87. The van der Waals surface area contributed by atoms with E-state index in [0.29, 0.717) is 0 Å². The highest BCUT2D eigenvalue weighted by molar-refractivity contribution is 6.04. The monoisotopic (exact) mass is 406 g/mol. The van der Waals surface area contributed by atoms with Crippen LogP contribution in [-0.4, -0.2) is 13.0 Å². The average molecular weight is 406 g/mol. The summed E-state index contributed by atoms with van der Waals surface area (Å²) >= 11 is 0. The number of para-hydroxylation sites is 1. The first-order chi connectivity index (χ1) is 13.7. The van der Waals surface area contributed by atoms with Gasteiger partial charge in [-0.15, -0.1) is 0 Å². The smallest absolute Gasteiger partial charge is 0.342 e. The first-order valence-electron chi connectivity index (χ1n) is 8.44. The lowest BCUT2D eigenvalue weighted by atomic mass is 10.1. The maximum absolute atomic E-state index is 14.6. The lowest BCUT2D eigenvalue weighted by Crippen LogP contribution is -2.18. The lowest BCUT2D eigenvalue weighted by Gasteiger charge is -2.24. The van der Waals surface area contributed by atoms with E-state index < -0.39 is 29.3 Å². The molecule has 0 aliphatic rings. The van der Waals surface area contributed by atoms with Gasteiger partial charge in [-0.05, 0) is 42.5 Å². The van der Waals surface area contributed by atoms with E-state index in [-0.39, 0.29) is 22.6 Å². The summed E-state index contributed by atoms with van der Waals surface area (Å²) in [6, 6.07) is 13.6. The normalized spacial score (nSPS) is 11.2. The van der Waals surface area contributed by atoms with Gasteiger partial charge in [-0.25, -0.2) is 8.78 Å². The molecule has 0 atom stereocenters. The maximum atomic E-state index is 14.6. The molecule has 3 rings (SSSR count). The van der Waals surface area contributed by atoms with Gasteiger partial charge in [0.25, 0.3) is 5.91 Å². The molecule has 0 aliphatic carbocycles. The molecule has 0 saturated heterocycles. The van der Waals surface area contributed by atoms with Gasteiger partial charge in [0, 0.05) is 12.7 Å². The number of anilines is 3. The number of hydrogen-bond acceptors (Lipinski definition) is 2. The van der Waals surface area contributed by atoms with Crippen molar-refractivity contribution in [2.24, 2.45) is 0 Å². The molecule has 3 aromatic rings. The minimum atomic E-state index is -4.60. The number of hydrogen-bond donors (Lipinski definition) is 1. The molecule has 0 aliphatic heterocycles. The molecule has 0 radical (unpaired) electrons. The summed E-state index contributed by atoms with van der Waals surface area (Å²) in [5.41, 5.74) is -1.42. The van der Waals surface area contributed by atoms with Crippen LogP contribution in [0.3, 0.4) is 0 Å². The van der Waals surface area contributed by atoms with Crippen LogP contribution >= 0.6 is 0 Å². The van der Waals surface area contributed by atoms with Crippen molar-refractivity contribution in [2.75, 3.05) is 17.3 Å². The van der Waals surface area contributed by atoms with Crippen molar-refractivity contribution in [1.82, 2.24) is 0 Å². The quantitative estimate of drug-likeness (QED) is 0.539. The Hall–Kier alpha value is -3.42. The summed E-state index contributed by atoms with van der Waals surface area (Å²) in [4.78, 5) is 13.2. The highest BCUT2D eigenvalue weighted by Crippen LogP contribution is 2.39. The Morgan fingerprint density at radius 3 is 2.17 bits per heavy atom. The first kappa shape index (κ1) is 20.3. The number of nitrogens with one attached hydrogen (secondary N) is 1. The van der Waals surface area contributed by atoms with Crippen molar-refractivity contribution in [2.45, 2.75) is 6.18 Å². The molecule has 3 aromatic carbocycles. The van der Waals surface area contributed by atoms with E-state index in [1.165, 1.54) is 55.6 Å². The molecule has 0 aromatic heterocycles. The molecule has 0 heterocycles. The van der Waals surface area contributed by atoms with Gasteiger partial charge in [0.1, 0.15) is 11.6 Å².